The molecule has 4 aromatic rings. The predicted molar refractivity (Wildman–Crippen MR) is 87.6 cm³/mol. The first-order valence-electron chi connectivity index (χ1n) is 7.78. The molecule has 0 bridgehead atoms. The summed E-state index contributed by atoms with van der Waals surface area (Å²) in [6, 6.07) is 6.09. The zero-order valence-electron chi connectivity index (χ0n) is 13.5. The minimum Gasteiger partial charge on any atom is -0.281 e. The van der Waals surface area contributed by atoms with Gasteiger partial charge >= 0.3 is 6.18 Å². The number of aryl methyl sites for hydroxylation is 2. The fraction of sp³-hybridized carbons (Fsp3) is 0.235. The predicted octanol–water partition coefficient (Wildman–Crippen LogP) is 4.19. The monoisotopic (exact) mass is 345 g/mol. The van der Waals surface area contributed by atoms with Crippen LogP contribution in [0.5, 0.6) is 0 Å². The lowest BCUT2D eigenvalue weighted by Crippen LogP contribution is -2.09. The summed E-state index contributed by atoms with van der Waals surface area (Å²) in [7, 11) is 0. The standard InChI is InChI=1S/C17H14F3N5/c1-3-14-22-12-4-5-13(17(18,19)20)23-16(12)25(14)11-6-9(2)15-10(7-11)8-21-24-15/h4-8H,3H2,1-2H3,(H,21,24). The molecular weight excluding hydrogens is 331 g/mol. The Hall–Kier alpha value is -2.90. The molecule has 0 atom stereocenters. The summed E-state index contributed by atoms with van der Waals surface area (Å²) in [6.45, 7) is 3.83. The van der Waals surface area contributed by atoms with E-state index in [1.54, 1.807) is 10.8 Å². The van der Waals surface area contributed by atoms with Crippen molar-refractivity contribution in [1.82, 2.24) is 24.7 Å². The van der Waals surface area contributed by atoms with E-state index in [4.69, 9.17) is 0 Å². The van der Waals surface area contributed by atoms with Crippen molar-refractivity contribution in [3.63, 3.8) is 0 Å². The molecule has 3 aromatic heterocycles. The van der Waals surface area contributed by atoms with E-state index in [9.17, 15) is 13.2 Å². The van der Waals surface area contributed by atoms with Crippen molar-refractivity contribution in [3.8, 4) is 5.69 Å². The number of aromatic nitrogens is 5. The molecule has 1 N–H and O–H groups in total. The Labute approximate surface area is 140 Å². The van der Waals surface area contributed by atoms with Crippen molar-refractivity contribution in [3.05, 3.63) is 47.5 Å². The van der Waals surface area contributed by atoms with E-state index in [0.29, 0.717) is 17.8 Å². The highest BCUT2D eigenvalue weighted by Gasteiger charge is 2.33. The van der Waals surface area contributed by atoms with Crippen molar-refractivity contribution in [2.24, 2.45) is 0 Å². The molecule has 3 heterocycles. The van der Waals surface area contributed by atoms with Crippen molar-refractivity contribution >= 4 is 22.1 Å². The molecule has 0 amide bonds. The molecule has 1 aromatic carbocycles. The van der Waals surface area contributed by atoms with Crippen LogP contribution in [0.25, 0.3) is 27.8 Å². The van der Waals surface area contributed by atoms with E-state index in [0.717, 1.165) is 28.2 Å². The van der Waals surface area contributed by atoms with E-state index in [-0.39, 0.29) is 5.65 Å². The van der Waals surface area contributed by atoms with Crippen LogP contribution < -0.4 is 0 Å². The maximum atomic E-state index is 13.1. The number of fused-ring (bicyclic) bond motifs is 2. The van der Waals surface area contributed by atoms with Gasteiger partial charge in [0, 0.05) is 17.5 Å². The third-order valence-electron chi connectivity index (χ3n) is 4.17. The first-order valence-corrected chi connectivity index (χ1v) is 7.78. The number of hydrogen-bond acceptors (Lipinski definition) is 3. The van der Waals surface area contributed by atoms with Crippen molar-refractivity contribution in [2.75, 3.05) is 0 Å². The van der Waals surface area contributed by atoms with E-state index in [1.165, 1.54) is 6.07 Å². The number of imidazole rings is 1. The third kappa shape index (κ3) is 2.45. The third-order valence-corrected chi connectivity index (χ3v) is 4.17. The van der Waals surface area contributed by atoms with Gasteiger partial charge in [-0.25, -0.2) is 9.97 Å². The van der Waals surface area contributed by atoms with Crippen LogP contribution in [0, 0.1) is 6.92 Å². The number of nitrogens with one attached hydrogen (secondary N) is 1. The molecule has 0 saturated heterocycles. The zero-order valence-corrected chi connectivity index (χ0v) is 13.5. The Morgan fingerprint density at radius 2 is 1.96 bits per heavy atom. The quantitative estimate of drug-likeness (QED) is 0.593. The summed E-state index contributed by atoms with van der Waals surface area (Å²) < 4.78 is 40.9. The van der Waals surface area contributed by atoms with Gasteiger partial charge in [-0.3, -0.25) is 9.67 Å². The van der Waals surface area contributed by atoms with E-state index < -0.39 is 11.9 Å². The van der Waals surface area contributed by atoms with Gasteiger partial charge in [0.1, 0.15) is 17.0 Å². The van der Waals surface area contributed by atoms with Crippen molar-refractivity contribution in [2.45, 2.75) is 26.4 Å². The Bertz CT molecular complexity index is 1090. The number of nitrogens with zero attached hydrogens (tertiary/aromatic N) is 4. The number of alkyl halides is 3. The van der Waals surface area contributed by atoms with Crippen LogP contribution >= 0.6 is 0 Å². The lowest BCUT2D eigenvalue weighted by molar-refractivity contribution is -0.141. The molecule has 0 aliphatic heterocycles. The van der Waals surface area contributed by atoms with Gasteiger partial charge in [0.25, 0.3) is 0 Å². The van der Waals surface area contributed by atoms with Gasteiger partial charge in [-0.05, 0) is 36.8 Å². The molecule has 0 spiro atoms. The van der Waals surface area contributed by atoms with Crippen LogP contribution in [0.1, 0.15) is 24.0 Å². The largest absolute Gasteiger partial charge is 0.433 e. The summed E-state index contributed by atoms with van der Waals surface area (Å²) in [5.74, 6) is 0.657. The maximum absolute atomic E-state index is 13.1. The average molecular weight is 345 g/mol. The molecule has 0 aliphatic rings. The number of halogens is 3. The fourth-order valence-electron chi connectivity index (χ4n) is 3.02. The summed E-state index contributed by atoms with van der Waals surface area (Å²) >= 11 is 0. The van der Waals surface area contributed by atoms with Gasteiger partial charge in [0.2, 0.25) is 0 Å². The van der Waals surface area contributed by atoms with Crippen molar-refractivity contribution < 1.29 is 13.2 Å². The molecule has 8 heteroatoms. The Morgan fingerprint density at radius 1 is 1.16 bits per heavy atom. The van der Waals surface area contributed by atoms with Crippen LogP contribution in [0.3, 0.4) is 0 Å². The normalized spacial score (nSPS) is 12.4. The van der Waals surface area contributed by atoms with E-state index in [2.05, 4.69) is 20.2 Å². The topological polar surface area (TPSA) is 59.4 Å². The average Bonchev–Trinajstić information content (AvgIpc) is 3.16. The summed E-state index contributed by atoms with van der Waals surface area (Å²) in [6.07, 6.45) is -2.24. The summed E-state index contributed by atoms with van der Waals surface area (Å²) in [4.78, 5) is 8.28. The maximum Gasteiger partial charge on any atom is 0.433 e. The smallest absolute Gasteiger partial charge is 0.281 e. The first-order chi connectivity index (χ1) is 11.9. The second kappa shape index (κ2) is 5.30. The van der Waals surface area contributed by atoms with E-state index >= 15 is 0 Å². The highest BCUT2D eigenvalue weighted by atomic mass is 19.4. The minimum absolute atomic E-state index is 0.203. The number of aromatic amines is 1. The lowest BCUT2D eigenvalue weighted by Gasteiger charge is -2.11. The highest BCUT2D eigenvalue weighted by Crippen LogP contribution is 2.31. The number of hydrogen-bond donors (Lipinski definition) is 1. The second-order valence-corrected chi connectivity index (χ2v) is 5.85. The Morgan fingerprint density at radius 3 is 2.68 bits per heavy atom. The number of rotatable bonds is 2. The van der Waals surface area contributed by atoms with Gasteiger partial charge in [-0.15, -0.1) is 0 Å². The van der Waals surface area contributed by atoms with Gasteiger partial charge in [-0.1, -0.05) is 6.92 Å². The van der Waals surface area contributed by atoms with Gasteiger partial charge < -0.3 is 0 Å². The first kappa shape index (κ1) is 15.6. The molecule has 0 radical (unpaired) electrons. The fourth-order valence-corrected chi connectivity index (χ4v) is 3.02. The van der Waals surface area contributed by atoms with Crippen LogP contribution in [-0.2, 0) is 12.6 Å². The summed E-state index contributed by atoms with van der Waals surface area (Å²) in [5, 5.41) is 7.82. The van der Waals surface area contributed by atoms with Gasteiger partial charge in [0.15, 0.2) is 5.65 Å². The number of H-pyrrole nitrogens is 1. The Balaban J connectivity index is 2.03. The summed E-state index contributed by atoms with van der Waals surface area (Å²) in [5.41, 5.74) is 2.28. The van der Waals surface area contributed by atoms with Crippen LogP contribution in [0.2, 0.25) is 0 Å². The lowest BCUT2D eigenvalue weighted by atomic mass is 10.1. The molecule has 128 valence electrons. The molecule has 5 nitrogen and oxygen atoms in total. The zero-order chi connectivity index (χ0) is 17.8. The molecule has 0 aliphatic carbocycles. The van der Waals surface area contributed by atoms with E-state index in [1.807, 2.05) is 26.0 Å². The molecule has 0 fully saturated rings. The SMILES string of the molecule is CCc1nc2ccc(C(F)(F)F)nc2n1-c1cc(C)c2[nH]ncc2c1. The molecule has 25 heavy (non-hydrogen) atoms. The van der Waals surface area contributed by atoms with Crippen LogP contribution in [0.15, 0.2) is 30.5 Å². The number of pyridine rings is 1. The minimum atomic E-state index is -4.50. The van der Waals surface area contributed by atoms with Crippen LogP contribution in [0.4, 0.5) is 13.2 Å². The Kier molecular flexibility index (Phi) is 3.31. The number of benzene rings is 1. The second-order valence-electron chi connectivity index (χ2n) is 5.85. The molecule has 4 rings (SSSR count). The van der Waals surface area contributed by atoms with Gasteiger partial charge in [-0.2, -0.15) is 18.3 Å². The molecular formula is C17H14F3N5. The van der Waals surface area contributed by atoms with Crippen molar-refractivity contribution in [1.29, 1.82) is 0 Å². The highest BCUT2D eigenvalue weighted by molar-refractivity contribution is 5.85. The van der Waals surface area contributed by atoms with Crippen LogP contribution in [-0.4, -0.2) is 24.7 Å². The van der Waals surface area contributed by atoms with Gasteiger partial charge in [0.05, 0.1) is 11.7 Å². The molecule has 0 saturated carbocycles. The molecule has 0 unspecified atom stereocenters.